The van der Waals surface area contributed by atoms with E-state index in [0.717, 1.165) is 5.56 Å². The molecule has 1 amide bonds. The zero-order valence-electron chi connectivity index (χ0n) is 10.2. The summed E-state index contributed by atoms with van der Waals surface area (Å²) in [6, 6.07) is 4.41. The molecule has 96 valence electrons. The topological polar surface area (TPSA) is 55.1 Å². The molecule has 3 N–H and O–H groups in total. The molecule has 0 aliphatic carbocycles. The Morgan fingerprint density at radius 1 is 1.41 bits per heavy atom. The summed E-state index contributed by atoms with van der Waals surface area (Å²) in [4.78, 5) is 11.8. The molecule has 0 aliphatic heterocycles. The lowest BCUT2D eigenvalue weighted by molar-refractivity contribution is -0.123. The van der Waals surface area contributed by atoms with Gasteiger partial charge in [-0.25, -0.2) is 4.39 Å². The first-order chi connectivity index (χ1) is 7.35. The van der Waals surface area contributed by atoms with E-state index in [1.807, 2.05) is 0 Å². The fraction of sp³-hybridized carbons (Fsp3) is 0.417. The zero-order chi connectivity index (χ0) is 12.3. The van der Waals surface area contributed by atoms with Gasteiger partial charge in [-0.1, -0.05) is 0 Å². The predicted molar refractivity (Wildman–Crippen MR) is 69.9 cm³/mol. The Bertz CT molecular complexity index is 387. The third-order valence-corrected chi connectivity index (χ3v) is 2.42. The summed E-state index contributed by atoms with van der Waals surface area (Å²) in [6.45, 7) is 5.50. The van der Waals surface area contributed by atoms with Crippen molar-refractivity contribution in [1.82, 2.24) is 0 Å². The molecule has 0 aromatic heterocycles. The number of benzene rings is 1. The highest BCUT2D eigenvalue weighted by molar-refractivity contribution is 5.95. The van der Waals surface area contributed by atoms with E-state index in [9.17, 15) is 9.18 Å². The Kier molecular flexibility index (Phi) is 5.58. The monoisotopic (exact) mass is 260 g/mol. The van der Waals surface area contributed by atoms with Crippen molar-refractivity contribution in [3.63, 3.8) is 0 Å². The zero-order valence-corrected chi connectivity index (χ0v) is 11.0. The fourth-order valence-corrected chi connectivity index (χ4v) is 1.20. The Balaban J connectivity index is 0.00000256. The van der Waals surface area contributed by atoms with Crippen molar-refractivity contribution in [2.45, 2.75) is 20.8 Å². The molecule has 5 heteroatoms. The van der Waals surface area contributed by atoms with Gasteiger partial charge in [0, 0.05) is 12.2 Å². The number of amides is 1. The normalized spacial score (nSPS) is 10.6. The minimum absolute atomic E-state index is 0. The molecule has 0 aliphatic rings. The average molecular weight is 261 g/mol. The molecule has 1 aromatic rings. The minimum atomic E-state index is -0.653. The number of carbonyl (C=O) groups excluding carboxylic acids is 1. The van der Waals surface area contributed by atoms with Crippen molar-refractivity contribution in [2.24, 2.45) is 11.1 Å². The lowest BCUT2D eigenvalue weighted by Gasteiger charge is -2.21. The second-order valence-corrected chi connectivity index (χ2v) is 4.56. The molecule has 0 unspecified atom stereocenters. The quantitative estimate of drug-likeness (QED) is 0.877. The van der Waals surface area contributed by atoms with Crippen LogP contribution in [0, 0.1) is 18.2 Å². The standard InChI is InChI=1S/C12H17FN2O.ClH/c1-8-4-9(13)6-10(5-8)15-11(16)12(2,3)7-14;/h4-6H,7,14H2,1-3H3,(H,15,16);1H. The Morgan fingerprint density at radius 3 is 2.47 bits per heavy atom. The SMILES string of the molecule is Cc1cc(F)cc(NC(=O)C(C)(C)CN)c1.Cl. The van der Waals surface area contributed by atoms with E-state index in [4.69, 9.17) is 5.73 Å². The van der Waals surface area contributed by atoms with E-state index in [0.29, 0.717) is 5.69 Å². The first kappa shape index (κ1) is 15.9. The summed E-state index contributed by atoms with van der Waals surface area (Å²) in [5.41, 5.74) is 6.06. The van der Waals surface area contributed by atoms with Crippen LogP contribution >= 0.6 is 12.4 Å². The van der Waals surface area contributed by atoms with Crippen molar-refractivity contribution in [3.05, 3.63) is 29.6 Å². The van der Waals surface area contributed by atoms with Gasteiger partial charge in [0.1, 0.15) is 5.82 Å². The van der Waals surface area contributed by atoms with Crippen molar-refractivity contribution in [2.75, 3.05) is 11.9 Å². The van der Waals surface area contributed by atoms with Gasteiger partial charge in [0.2, 0.25) is 5.91 Å². The largest absolute Gasteiger partial charge is 0.329 e. The van der Waals surface area contributed by atoms with Crippen LogP contribution in [0.3, 0.4) is 0 Å². The molecule has 3 nitrogen and oxygen atoms in total. The van der Waals surface area contributed by atoms with Gasteiger partial charge < -0.3 is 11.1 Å². The number of anilines is 1. The van der Waals surface area contributed by atoms with Gasteiger partial charge in [-0.2, -0.15) is 0 Å². The van der Waals surface area contributed by atoms with E-state index in [-0.39, 0.29) is 30.7 Å². The van der Waals surface area contributed by atoms with Crippen LogP contribution in [0.5, 0.6) is 0 Å². The number of carbonyl (C=O) groups is 1. The van der Waals surface area contributed by atoms with Crippen LogP contribution < -0.4 is 11.1 Å². The molecule has 0 spiro atoms. The number of hydrogen-bond donors (Lipinski definition) is 2. The molecule has 0 radical (unpaired) electrons. The molecule has 0 atom stereocenters. The van der Waals surface area contributed by atoms with Crippen LogP contribution in [-0.2, 0) is 4.79 Å². The summed E-state index contributed by atoms with van der Waals surface area (Å²) in [7, 11) is 0. The number of nitrogens with two attached hydrogens (primary N) is 1. The second kappa shape index (κ2) is 5.98. The average Bonchev–Trinajstić information content (AvgIpc) is 2.15. The molecule has 0 saturated heterocycles. The van der Waals surface area contributed by atoms with Gasteiger partial charge in [-0.3, -0.25) is 4.79 Å². The van der Waals surface area contributed by atoms with E-state index in [1.165, 1.54) is 12.1 Å². The van der Waals surface area contributed by atoms with Gasteiger partial charge in [0.25, 0.3) is 0 Å². The number of nitrogens with one attached hydrogen (secondary N) is 1. The third-order valence-electron chi connectivity index (χ3n) is 2.42. The Morgan fingerprint density at radius 2 is 2.00 bits per heavy atom. The van der Waals surface area contributed by atoms with E-state index >= 15 is 0 Å². The highest BCUT2D eigenvalue weighted by Crippen LogP contribution is 2.18. The summed E-state index contributed by atoms with van der Waals surface area (Å²) < 4.78 is 13.1. The minimum Gasteiger partial charge on any atom is -0.329 e. The number of hydrogen-bond acceptors (Lipinski definition) is 2. The third kappa shape index (κ3) is 4.32. The number of halogens is 2. The van der Waals surface area contributed by atoms with Crippen LogP contribution in [0.25, 0.3) is 0 Å². The second-order valence-electron chi connectivity index (χ2n) is 4.56. The molecular weight excluding hydrogens is 243 g/mol. The fourth-order valence-electron chi connectivity index (χ4n) is 1.20. The van der Waals surface area contributed by atoms with Gasteiger partial charge in [0.05, 0.1) is 5.41 Å². The first-order valence-electron chi connectivity index (χ1n) is 5.14. The highest BCUT2D eigenvalue weighted by atomic mass is 35.5. The number of rotatable bonds is 3. The maximum absolute atomic E-state index is 13.1. The summed E-state index contributed by atoms with van der Waals surface area (Å²) >= 11 is 0. The molecule has 0 heterocycles. The maximum Gasteiger partial charge on any atom is 0.231 e. The van der Waals surface area contributed by atoms with Crippen LogP contribution in [0.4, 0.5) is 10.1 Å². The van der Waals surface area contributed by atoms with Crippen LogP contribution in [0.15, 0.2) is 18.2 Å². The molecule has 17 heavy (non-hydrogen) atoms. The summed E-state index contributed by atoms with van der Waals surface area (Å²) in [5, 5.41) is 2.66. The van der Waals surface area contributed by atoms with Gasteiger partial charge in [-0.05, 0) is 44.5 Å². The Labute approximate surface area is 107 Å². The molecule has 0 saturated carbocycles. The van der Waals surface area contributed by atoms with E-state index < -0.39 is 5.41 Å². The van der Waals surface area contributed by atoms with E-state index in [2.05, 4.69) is 5.32 Å². The van der Waals surface area contributed by atoms with Crippen molar-refractivity contribution in [3.8, 4) is 0 Å². The van der Waals surface area contributed by atoms with Gasteiger partial charge >= 0.3 is 0 Å². The predicted octanol–water partition coefficient (Wildman–Crippen LogP) is 2.48. The first-order valence-corrected chi connectivity index (χ1v) is 5.14. The van der Waals surface area contributed by atoms with Gasteiger partial charge in [-0.15, -0.1) is 12.4 Å². The molecule has 1 rings (SSSR count). The molecule has 0 fully saturated rings. The lowest BCUT2D eigenvalue weighted by Crippen LogP contribution is -2.37. The smallest absolute Gasteiger partial charge is 0.231 e. The maximum atomic E-state index is 13.1. The molecule has 1 aromatic carbocycles. The van der Waals surface area contributed by atoms with E-state index in [1.54, 1.807) is 26.8 Å². The highest BCUT2D eigenvalue weighted by Gasteiger charge is 2.25. The molecule has 0 bridgehead atoms. The number of aryl methyl sites for hydroxylation is 1. The van der Waals surface area contributed by atoms with Gasteiger partial charge in [0.15, 0.2) is 0 Å². The molecular formula is C12H18ClFN2O. The van der Waals surface area contributed by atoms with Crippen LogP contribution in [0.1, 0.15) is 19.4 Å². The van der Waals surface area contributed by atoms with Crippen molar-refractivity contribution in [1.29, 1.82) is 0 Å². The lowest BCUT2D eigenvalue weighted by atomic mass is 9.92. The van der Waals surface area contributed by atoms with Crippen molar-refractivity contribution >= 4 is 24.0 Å². The summed E-state index contributed by atoms with van der Waals surface area (Å²) in [5.74, 6) is -0.569. The summed E-state index contributed by atoms with van der Waals surface area (Å²) in [6.07, 6.45) is 0. The van der Waals surface area contributed by atoms with Crippen LogP contribution in [0.2, 0.25) is 0 Å². The van der Waals surface area contributed by atoms with Crippen molar-refractivity contribution < 1.29 is 9.18 Å². The van der Waals surface area contributed by atoms with Crippen LogP contribution in [-0.4, -0.2) is 12.5 Å². The Hall–Kier alpha value is -1.13.